The summed E-state index contributed by atoms with van der Waals surface area (Å²) in [4.78, 5) is 22.3. The number of benzene rings is 1. The number of aromatic carboxylic acids is 1. The summed E-state index contributed by atoms with van der Waals surface area (Å²) < 4.78 is 5.03. The summed E-state index contributed by atoms with van der Waals surface area (Å²) in [5.74, 6) is -1.07. The molecular weight excluding hydrogens is 282 g/mol. The Hall–Kier alpha value is -2.27. The standard InChI is InChI=1S/C14H12ClNO4/c15-10-3-1-9(2-4-10)7-13(17)16-8-11-5-6-12(20-11)14(18)19/h1-6H,7-8H2,(H,16,17)(H,18,19). The first-order valence-corrected chi connectivity index (χ1v) is 6.25. The van der Waals surface area contributed by atoms with Crippen molar-refractivity contribution in [2.24, 2.45) is 0 Å². The lowest BCUT2D eigenvalue weighted by Gasteiger charge is -2.03. The van der Waals surface area contributed by atoms with Crippen molar-refractivity contribution in [3.63, 3.8) is 0 Å². The van der Waals surface area contributed by atoms with Crippen LogP contribution in [0.2, 0.25) is 5.02 Å². The Bertz CT molecular complexity index is 618. The van der Waals surface area contributed by atoms with Crippen LogP contribution in [0.5, 0.6) is 0 Å². The molecule has 20 heavy (non-hydrogen) atoms. The Labute approximate surface area is 120 Å². The van der Waals surface area contributed by atoms with E-state index >= 15 is 0 Å². The van der Waals surface area contributed by atoms with Crippen molar-refractivity contribution >= 4 is 23.5 Å². The molecule has 104 valence electrons. The molecule has 0 spiro atoms. The van der Waals surface area contributed by atoms with Gasteiger partial charge in [-0.2, -0.15) is 0 Å². The Kier molecular flexibility index (Phi) is 4.42. The van der Waals surface area contributed by atoms with Gasteiger partial charge in [-0.3, -0.25) is 4.79 Å². The normalized spacial score (nSPS) is 10.2. The Balaban J connectivity index is 1.85. The zero-order valence-electron chi connectivity index (χ0n) is 10.4. The number of carboxylic acids is 1. The van der Waals surface area contributed by atoms with Gasteiger partial charge < -0.3 is 14.8 Å². The zero-order valence-corrected chi connectivity index (χ0v) is 11.2. The maximum atomic E-state index is 11.7. The van der Waals surface area contributed by atoms with Gasteiger partial charge in [-0.25, -0.2) is 4.79 Å². The van der Waals surface area contributed by atoms with E-state index in [1.807, 2.05) is 0 Å². The molecule has 1 aromatic carbocycles. The summed E-state index contributed by atoms with van der Waals surface area (Å²) in [6.45, 7) is 0.152. The molecule has 0 aliphatic carbocycles. The van der Waals surface area contributed by atoms with Crippen molar-refractivity contribution in [2.45, 2.75) is 13.0 Å². The van der Waals surface area contributed by atoms with Gasteiger partial charge in [-0.15, -0.1) is 0 Å². The van der Waals surface area contributed by atoms with Crippen LogP contribution in [0.3, 0.4) is 0 Å². The second-order valence-electron chi connectivity index (χ2n) is 4.15. The maximum Gasteiger partial charge on any atom is 0.371 e. The third-order valence-corrected chi connectivity index (χ3v) is 2.86. The molecular formula is C14H12ClNO4. The van der Waals surface area contributed by atoms with E-state index in [-0.39, 0.29) is 24.6 Å². The van der Waals surface area contributed by atoms with Crippen LogP contribution in [-0.2, 0) is 17.8 Å². The number of nitrogens with one attached hydrogen (secondary N) is 1. The molecule has 1 aromatic heterocycles. The van der Waals surface area contributed by atoms with Crippen LogP contribution in [0.15, 0.2) is 40.8 Å². The monoisotopic (exact) mass is 293 g/mol. The van der Waals surface area contributed by atoms with Gasteiger partial charge in [0.2, 0.25) is 11.7 Å². The van der Waals surface area contributed by atoms with Crippen molar-refractivity contribution < 1.29 is 19.1 Å². The quantitative estimate of drug-likeness (QED) is 0.887. The number of carbonyl (C=O) groups is 2. The molecule has 6 heteroatoms. The number of hydrogen-bond acceptors (Lipinski definition) is 3. The lowest BCUT2D eigenvalue weighted by atomic mass is 10.1. The van der Waals surface area contributed by atoms with Gasteiger partial charge in [-0.05, 0) is 29.8 Å². The van der Waals surface area contributed by atoms with E-state index < -0.39 is 5.97 Å². The molecule has 0 saturated carbocycles. The average molecular weight is 294 g/mol. The minimum Gasteiger partial charge on any atom is -0.475 e. The fraction of sp³-hybridized carbons (Fsp3) is 0.143. The number of carboxylic acid groups (broad SMARTS) is 1. The molecule has 0 saturated heterocycles. The number of hydrogen-bond donors (Lipinski definition) is 2. The second kappa shape index (κ2) is 6.25. The van der Waals surface area contributed by atoms with Crippen molar-refractivity contribution in [1.82, 2.24) is 5.32 Å². The number of rotatable bonds is 5. The maximum absolute atomic E-state index is 11.7. The van der Waals surface area contributed by atoms with Crippen LogP contribution in [0, 0.1) is 0 Å². The van der Waals surface area contributed by atoms with E-state index in [9.17, 15) is 9.59 Å². The molecule has 2 aromatic rings. The van der Waals surface area contributed by atoms with Gasteiger partial charge in [-0.1, -0.05) is 23.7 Å². The SMILES string of the molecule is O=C(Cc1ccc(Cl)cc1)NCc1ccc(C(=O)O)o1. The summed E-state index contributed by atoms with van der Waals surface area (Å²) in [7, 11) is 0. The fourth-order valence-electron chi connectivity index (χ4n) is 1.62. The van der Waals surface area contributed by atoms with Gasteiger partial charge in [0.05, 0.1) is 13.0 Å². The third-order valence-electron chi connectivity index (χ3n) is 2.61. The van der Waals surface area contributed by atoms with Gasteiger partial charge in [0.25, 0.3) is 0 Å². The molecule has 0 radical (unpaired) electrons. The van der Waals surface area contributed by atoms with E-state index in [0.717, 1.165) is 5.56 Å². The van der Waals surface area contributed by atoms with E-state index in [2.05, 4.69) is 5.32 Å². The van der Waals surface area contributed by atoms with Crippen LogP contribution in [-0.4, -0.2) is 17.0 Å². The average Bonchev–Trinajstić information content (AvgIpc) is 2.88. The molecule has 2 N–H and O–H groups in total. The first-order valence-electron chi connectivity index (χ1n) is 5.88. The lowest BCUT2D eigenvalue weighted by molar-refractivity contribution is -0.120. The van der Waals surface area contributed by atoms with Crippen LogP contribution in [0.25, 0.3) is 0 Å². The summed E-state index contributed by atoms with van der Waals surface area (Å²) in [5, 5.41) is 12.0. The minimum absolute atomic E-state index is 0.146. The highest BCUT2D eigenvalue weighted by atomic mass is 35.5. The van der Waals surface area contributed by atoms with Crippen LogP contribution >= 0.6 is 11.6 Å². The summed E-state index contributed by atoms with van der Waals surface area (Å²) in [5.41, 5.74) is 0.845. The smallest absolute Gasteiger partial charge is 0.371 e. The lowest BCUT2D eigenvalue weighted by Crippen LogP contribution is -2.24. The molecule has 0 atom stereocenters. The Morgan fingerprint density at radius 1 is 1.15 bits per heavy atom. The van der Waals surface area contributed by atoms with Gasteiger partial charge >= 0.3 is 5.97 Å². The fourth-order valence-corrected chi connectivity index (χ4v) is 1.75. The summed E-state index contributed by atoms with van der Waals surface area (Å²) in [6, 6.07) is 9.86. The van der Waals surface area contributed by atoms with Crippen LogP contribution in [0.1, 0.15) is 21.9 Å². The largest absolute Gasteiger partial charge is 0.475 e. The van der Waals surface area contributed by atoms with Crippen molar-refractivity contribution in [3.8, 4) is 0 Å². The first kappa shape index (κ1) is 14.1. The molecule has 0 unspecified atom stereocenters. The highest BCUT2D eigenvalue weighted by Gasteiger charge is 2.10. The number of halogens is 1. The molecule has 2 rings (SSSR count). The third kappa shape index (κ3) is 3.86. The highest BCUT2D eigenvalue weighted by Crippen LogP contribution is 2.10. The van der Waals surface area contributed by atoms with E-state index in [1.54, 1.807) is 24.3 Å². The number of amides is 1. The topological polar surface area (TPSA) is 79.5 Å². The first-order chi connectivity index (χ1) is 9.54. The predicted molar refractivity (Wildman–Crippen MR) is 72.7 cm³/mol. The zero-order chi connectivity index (χ0) is 14.5. The molecule has 0 aliphatic heterocycles. The van der Waals surface area contributed by atoms with Crippen LogP contribution < -0.4 is 5.32 Å². The molecule has 1 heterocycles. The molecule has 0 fully saturated rings. The molecule has 0 bridgehead atoms. The predicted octanol–water partition coefficient (Wildman–Crippen LogP) is 2.49. The van der Waals surface area contributed by atoms with Gasteiger partial charge in [0.15, 0.2) is 0 Å². The van der Waals surface area contributed by atoms with E-state index in [1.165, 1.54) is 12.1 Å². The molecule has 5 nitrogen and oxygen atoms in total. The van der Waals surface area contributed by atoms with E-state index in [4.69, 9.17) is 21.1 Å². The second-order valence-corrected chi connectivity index (χ2v) is 4.59. The number of carbonyl (C=O) groups excluding carboxylic acids is 1. The summed E-state index contributed by atoms with van der Waals surface area (Å²) >= 11 is 5.76. The molecule has 0 aliphatic rings. The Morgan fingerprint density at radius 3 is 2.45 bits per heavy atom. The van der Waals surface area contributed by atoms with E-state index in [0.29, 0.717) is 10.8 Å². The summed E-state index contributed by atoms with van der Waals surface area (Å²) in [6.07, 6.45) is 0.226. The minimum atomic E-state index is -1.14. The highest BCUT2D eigenvalue weighted by molar-refractivity contribution is 6.30. The van der Waals surface area contributed by atoms with Crippen molar-refractivity contribution in [2.75, 3.05) is 0 Å². The molecule has 1 amide bonds. The van der Waals surface area contributed by atoms with Crippen molar-refractivity contribution in [1.29, 1.82) is 0 Å². The van der Waals surface area contributed by atoms with Crippen LogP contribution in [0.4, 0.5) is 0 Å². The van der Waals surface area contributed by atoms with Gasteiger partial charge in [0.1, 0.15) is 5.76 Å². The van der Waals surface area contributed by atoms with Crippen molar-refractivity contribution in [3.05, 3.63) is 58.5 Å². The number of furan rings is 1. The Morgan fingerprint density at radius 2 is 1.85 bits per heavy atom. The van der Waals surface area contributed by atoms with Gasteiger partial charge in [0, 0.05) is 5.02 Å².